The molecule has 3 aromatic rings. The van der Waals surface area contributed by atoms with Crippen molar-refractivity contribution >= 4 is 39.1 Å². The summed E-state index contributed by atoms with van der Waals surface area (Å²) in [5.41, 5.74) is 7.63. The maximum absolute atomic E-state index is 11.6. The topological polar surface area (TPSA) is 108 Å². The minimum Gasteiger partial charge on any atom is -0.744 e. The van der Waals surface area contributed by atoms with Crippen LogP contribution in [0.4, 0.5) is 5.69 Å². The van der Waals surface area contributed by atoms with E-state index in [2.05, 4.69) is 130 Å². The largest absolute Gasteiger partial charge is 1.00 e. The predicted molar refractivity (Wildman–Crippen MR) is 205 cm³/mol. The van der Waals surface area contributed by atoms with Crippen LogP contribution in [-0.4, -0.2) is 60.4 Å². The van der Waals surface area contributed by atoms with Crippen LogP contribution in [0.15, 0.2) is 137 Å². The Hall–Kier alpha value is -3.07. The zero-order chi connectivity index (χ0) is 37.1. The monoisotopic (exact) mass is 763 g/mol. The van der Waals surface area contributed by atoms with Gasteiger partial charge in [-0.3, -0.25) is 9.94 Å². The van der Waals surface area contributed by atoms with E-state index in [9.17, 15) is 18.2 Å². The Balaban J connectivity index is 0.00000627. The van der Waals surface area contributed by atoms with E-state index in [0.29, 0.717) is 13.1 Å². The number of hydrogen-bond acceptors (Lipinski definition) is 9. The zero-order valence-corrected chi connectivity index (χ0v) is 34.7. The van der Waals surface area contributed by atoms with Gasteiger partial charge in [-0.1, -0.05) is 67.6 Å². The second kappa shape index (κ2) is 20.6. The molecule has 2 aliphatic rings. The van der Waals surface area contributed by atoms with Crippen molar-refractivity contribution in [3.8, 4) is 0 Å². The third-order valence-corrected chi connectivity index (χ3v) is 10.8. The summed E-state index contributed by atoms with van der Waals surface area (Å²) in [5, 5.41) is 13.8. The van der Waals surface area contributed by atoms with Crippen molar-refractivity contribution in [2.45, 2.75) is 56.6 Å². The molecule has 53 heavy (non-hydrogen) atoms. The van der Waals surface area contributed by atoms with E-state index >= 15 is 0 Å². The molecule has 0 bridgehead atoms. The van der Waals surface area contributed by atoms with E-state index < -0.39 is 10.1 Å². The Morgan fingerprint density at radius 2 is 1.49 bits per heavy atom. The van der Waals surface area contributed by atoms with Crippen LogP contribution < -0.4 is 39.7 Å². The summed E-state index contributed by atoms with van der Waals surface area (Å²) >= 11 is 0.888. The molecule has 5 rings (SSSR count). The van der Waals surface area contributed by atoms with Crippen LogP contribution in [0, 0.1) is 5.92 Å². The summed E-state index contributed by atoms with van der Waals surface area (Å²) in [6.45, 7) is 13.2. The van der Waals surface area contributed by atoms with Gasteiger partial charge >= 0.3 is 29.6 Å². The van der Waals surface area contributed by atoms with Gasteiger partial charge in [-0.25, -0.2) is 13.0 Å². The van der Waals surface area contributed by atoms with E-state index in [1.54, 1.807) is 6.07 Å². The molecule has 0 N–H and O–H groups in total. The molecular weight excluding hydrogens is 718 g/mol. The summed E-state index contributed by atoms with van der Waals surface area (Å²) in [6.07, 6.45) is 17.6. The Labute approximate surface area is 340 Å². The predicted octanol–water partition coefficient (Wildman–Crippen LogP) is 3.86. The number of anilines is 1. The van der Waals surface area contributed by atoms with E-state index in [-0.39, 0.29) is 46.4 Å². The van der Waals surface area contributed by atoms with Gasteiger partial charge in [-0.15, -0.1) is 0 Å². The first-order valence-corrected chi connectivity index (χ1v) is 19.8. The molecule has 0 spiro atoms. The number of benzene rings is 3. The number of likely N-dealkylation sites (N-methyl/N-ethyl adjacent to an activating group) is 1. The molecule has 9 nitrogen and oxygen atoms in total. The van der Waals surface area contributed by atoms with Gasteiger partial charge in [0.1, 0.15) is 16.7 Å². The van der Waals surface area contributed by atoms with Gasteiger partial charge in [0.05, 0.1) is 16.9 Å². The minimum atomic E-state index is -4.52. The fraction of sp³-hybridized carbons (Fsp3) is 0.293. The van der Waals surface area contributed by atoms with E-state index in [0.717, 1.165) is 71.1 Å². The maximum Gasteiger partial charge on any atom is 1.00 e. The SMILES string of the molecule is CCN(CC)c1ccc(C(=C2C=CC(=[N+](CC)Cc3cccc(SOO[O-])c3)C=C2)C2C=CC(N(CC)Cc3cccc(S(=O)(=O)[O-])c3)C=C2)cc1.[Na+]. The molecule has 0 aromatic heterocycles. The van der Waals surface area contributed by atoms with Crippen LogP contribution in [0.25, 0.3) is 5.57 Å². The first kappa shape index (κ1) is 42.7. The third kappa shape index (κ3) is 11.5. The fourth-order valence-electron chi connectivity index (χ4n) is 6.69. The molecule has 0 radical (unpaired) electrons. The molecule has 0 atom stereocenters. The van der Waals surface area contributed by atoms with Gasteiger partial charge in [0.25, 0.3) is 0 Å². The van der Waals surface area contributed by atoms with Gasteiger partial charge in [-0.2, -0.15) is 4.33 Å². The summed E-state index contributed by atoms with van der Waals surface area (Å²) in [7, 11) is -4.52. The Kier molecular flexibility index (Phi) is 16.6. The van der Waals surface area contributed by atoms with Crippen molar-refractivity contribution in [2.75, 3.05) is 31.1 Å². The molecule has 0 saturated carbocycles. The van der Waals surface area contributed by atoms with Crippen molar-refractivity contribution in [1.29, 1.82) is 0 Å². The third-order valence-electron chi connectivity index (χ3n) is 9.43. The van der Waals surface area contributed by atoms with Crippen LogP contribution in [0.3, 0.4) is 0 Å². The van der Waals surface area contributed by atoms with Crippen molar-refractivity contribution in [2.24, 2.45) is 5.92 Å². The number of rotatable bonds is 16. The standard InChI is InChI=1S/C41H47N3O6S2.Na/c1-5-42(6-2)36-21-15-33(16-22-36)41(34-17-23-37(24-18-34)43(7-3)29-31-11-9-13-39(27-31)51-50-49-45)35-19-25-38(26-20-35)44(8-4)30-32-12-10-14-40(28-32)52(46,47)48;/h9-28,35,38H,5-8,29-30H2,1-4H3,(H-,45,46,47,48);/q;+1/p-1. The molecule has 274 valence electrons. The Bertz CT molecular complexity index is 1950. The fourth-order valence-corrected chi connectivity index (χ4v) is 7.67. The smallest absolute Gasteiger partial charge is 0.744 e. The van der Waals surface area contributed by atoms with Crippen molar-refractivity contribution in [3.05, 3.63) is 144 Å². The first-order chi connectivity index (χ1) is 25.2. The van der Waals surface area contributed by atoms with Gasteiger partial charge in [0, 0.05) is 59.9 Å². The summed E-state index contributed by atoms with van der Waals surface area (Å²) in [5.74, 6) is 0.0249. The molecule has 0 aliphatic heterocycles. The van der Waals surface area contributed by atoms with E-state index in [1.165, 1.54) is 23.4 Å². The average Bonchev–Trinajstić information content (AvgIpc) is 3.17. The van der Waals surface area contributed by atoms with E-state index in [1.807, 2.05) is 24.3 Å². The van der Waals surface area contributed by atoms with Crippen LogP contribution in [-0.2, 0) is 32.6 Å². The summed E-state index contributed by atoms with van der Waals surface area (Å²) in [6, 6.07) is 23.0. The zero-order valence-electron chi connectivity index (χ0n) is 31.1. The van der Waals surface area contributed by atoms with Crippen LogP contribution in [0.5, 0.6) is 0 Å². The first-order valence-electron chi connectivity index (χ1n) is 17.6. The number of allylic oxidation sites excluding steroid dienone is 8. The summed E-state index contributed by atoms with van der Waals surface area (Å²) in [4.78, 5) is 5.16. The molecule has 3 aromatic carbocycles. The van der Waals surface area contributed by atoms with Gasteiger partial charge in [-0.05, 0) is 98.1 Å². The Morgan fingerprint density at radius 3 is 2.09 bits per heavy atom. The molecule has 0 fully saturated rings. The molecule has 0 heterocycles. The van der Waals surface area contributed by atoms with Crippen molar-refractivity contribution in [3.63, 3.8) is 0 Å². The minimum absolute atomic E-state index is 0. The number of nitrogens with zero attached hydrogens (tertiary/aromatic N) is 3. The molecule has 0 saturated heterocycles. The van der Waals surface area contributed by atoms with Crippen LogP contribution in [0.2, 0.25) is 0 Å². The van der Waals surface area contributed by atoms with E-state index in [4.69, 9.17) is 0 Å². The summed E-state index contributed by atoms with van der Waals surface area (Å²) < 4.78 is 41.7. The van der Waals surface area contributed by atoms with Gasteiger partial charge in [0.2, 0.25) is 0 Å². The molecule has 2 aliphatic carbocycles. The maximum atomic E-state index is 11.6. The second-order valence-corrected chi connectivity index (χ2v) is 14.7. The molecule has 12 heteroatoms. The second-order valence-electron chi connectivity index (χ2n) is 12.5. The molecule has 0 amide bonds. The van der Waals surface area contributed by atoms with Gasteiger partial charge < -0.3 is 14.7 Å². The molecule has 0 unspecified atom stereocenters. The quantitative estimate of drug-likeness (QED) is 0.0409. The Morgan fingerprint density at radius 1 is 0.830 bits per heavy atom. The van der Waals surface area contributed by atoms with Crippen molar-refractivity contribution in [1.82, 2.24) is 4.90 Å². The normalized spacial score (nSPS) is 16.6. The van der Waals surface area contributed by atoms with Crippen LogP contribution >= 0.6 is 12.0 Å². The average molecular weight is 764 g/mol. The van der Waals surface area contributed by atoms with Gasteiger partial charge in [0.15, 0.2) is 12.3 Å². The van der Waals surface area contributed by atoms with Crippen molar-refractivity contribution < 1.29 is 61.7 Å². The van der Waals surface area contributed by atoms with Crippen LogP contribution in [0.1, 0.15) is 44.4 Å². The number of hydrogen-bond donors (Lipinski definition) is 0. The molecular formula is C41H46N3NaO6S2.